The third-order valence-corrected chi connectivity index (χ3v) is 2.87. The first kappa shape index (κ1) is 17.9. The quantitative estimate of drug-likeness (QED) is 0.786. The van der Waals surface area contributed by atoms with Crippen molar-refractivity contribution in [3.63, 3.8) is 0 Å². The fourth-order valence-corrected chi connectivity index (χ4v) is 1.89. The molecule has 1 unspecified atom stereocenters. The summed E-state index contributed by atoms with van der Waals surface area (Å²) in [6.45, 7) is 8.83. The minimum Gasteiger partial charge on any atom is -0.347 e. The van der Waals surface area contributed by atoms with E-state index < -0.39 is 0 Å². The van der Waals surface area contributed by atoms with E-state index in [-0.39, 0.29) is 29.8 Å². The molecule has 112 valence electrons. The Kier molecular flexibility index (Phi) is 7.05. The predicted octanol–water partition coefficient (Wildman–Crippen LogP) is 1.08. The zero-order valence-electron chi connectivity index (χ0n) is 13.2. The minimum atomic E-state index is -0.156. The molecule has 5 heteroatoms. The number of carbonyl (C=O) groups is 2. The molecule has 2 N–H and O–H groups in total. The lowest BCUT2D eigenvalue weighted by atomic mass is 9.87. The lowest BCUT2D eigenvalue weighted by Crippen LogP contribution is -2.42. The second-order valence-electron chi connectivity index (χ2n) is 6.43. The molecule has 1 atom stereocenters. The molecule has 0 aliphatic carbocycles. The van der Waals surface area contributed by atoms with Crippen molar-refractivity contribution in [2.75, 3.05) is 27.2 Å². The smallest absolute Gasteiger partial charge is 0.241 e. The predicted molar refractivity (Wildman–Crippen MR) is 77.6 cm³/mol. The molecule has 0 spiro atoms. The number of nitrogens with two attached hydrogens (primary N) is 1. The zero-order chi connectivity index (χ0) is 15.2. The third kappa shape index (κ3) is 7.82. The summed E-state index contributed by atoms with van der Waals surface area (Å²) in [6, 6.07) is -0.156. The highest BCUT2D eigenvalue weighted by molar-refractivity contribution is 5.84. The molecule has 0 radical (unpaired) electrons. The highest BCUT2D eigenvalue weighted by Crippen LogP contribution is 2.21. The van der Waals surface area contributed by atoms with Gasteiger partial charge >= 0.3 is 0 Å². The van der Waals surface area contributed by atoms with Crippen LogP contribution in [0, 0.1) is 5.41 Å². The summed E-state index contributed by atoms with van der Waals surface area (Å²) < 4.78 is 0. The van der Waals surface area contributed by atoms with Crippen molar-refractivity contribution in [1.29, 1.82) is 0 Å². The lowest BCUT2D eigenvalue weighted by Gasteiger charge is -2.26. The van der Waals surface area contributed by atoms with Crippen LogP contribution in [0.3, 0.4) is 0 Å². The number of amides is 2. The van der Waals surface area contributed by atoms with E-state index in [0.717, 1.165) is 6.42 Å². The van der Waals surface area contributed by atoms with Crippen LogP contribution in [-0.2, 0) is 9.59 Å². The highest BCUT2D eigenvalue weighted by atomic mass is 16.2. The minimum absolute atomic E-state index is 0.0468. The maximum absolute atomic E-state index is 12.1. The molecule has 5 nitrogen and oxygen atoms in total. The van der Waals surface area contributed by atoms with Gasteiger partial charge in [-0.3, -0.25) is 9.59 Å². The molecule has 19 heavy (non-hydrogen) atoms. The maximum Gasteiger partial charge on any atom is 0.241 e. The van der Waals surface area contributed by atoms with Crippen molar-refractivity contribution in [2.24, 2.45) is 11.1 Å². The Balaban J connectivity index is 4.40. The summed E-state index contributed by atoms with van der Waals surface area (Å²) in [5, 5.41) is 0. The monoisotopic (exact) mass is 271 g/mol. The fourth-order valence-electron chi connectivity index (χ4n) is 1.89. The molecule has 0 aromatic rings. The van der Waals surface area contributed by atoms with Gasteiger partial charge in [-0.25, -0.2) is 0 Å². The average molecular weight is 271 g/mol. The van der Waals surface area contributed by atoms with E-state index in [2.05, 4.69) is 20.8 Å². The van der Waals surface area contributed by atoms with Crippen LogP contribution in [0.5, 0.6) is 0 Å². The van der Waals surface area contributed by atoms with Gasteiger partial charge in [-0.2, -0.15) is 0 Å². The first-order valence-corrected chi connectivity index (χ1v) is 6.80. The molecule has 0 saturated carbocycles. The molecule has 0 bridgehead atoms. The van der Waals surface area contributed by atoms with Gasteiger partial charge in [0, 0.05) is 33.1 Å². The van der Waals surface area contributed by atoms with Gasteiger partial charge in [-0.1, -0.05) is 20.8 Å². The summed E-state index contributed by atoms with van der Waals surface area (Å²) in [5.74, 6) is -0.117. The summed E-state index contributed by atoms with van der Waals surface area (Å²) >= 11 is 0. The van der Waals surface area contributed by atoms with Crippen LogP contribution in [0.15, 0.2) is 0 Å². The summed E-state index contributed by atoms with van der Waals surface area (Å²) in [7, 11) is 3.37. The van der Waals surface area contributed by atoms with Crippen LogP contribution in [0.1, 0.15) is 40.5 Å². The average Bonchev–Trinajstić information content (AvgIpc) is 2.21. The van der Waals surface area contributed by atoms with Crippen LogP contribution < -0.4 is 5.73 Å². The molecular weight excluding hydrogens is 242 g/mol. The van der Waals surface area contributed by atoms with E-state index in [9.17, 15) is 9.59 Å². The van der Waals surface area contributed by atoms with Gasteiger partial charge in [0.2, 0.25) is 11.8 Å². The number of carbonyl (C=O) groups excluding carboxylic acids is 2. The van der Waals surface area contributed by atoms with Crippen LogP contribution in [0.25, 0.3) is 0 Å². The van der Waals surface area contributed by atoms with Crippen LogP contribution in [-0.4, -0.2) is 54.8 Å². The van der Waals surface area contributed by atoms with E-state index in [1.807, 2.05) is 6.92 Å². The van der Waals surface area contributed by atoms with Gasteiger partial charge in [-0.05, 0) is 18.8 Å². The molecule has 0 saturated heterocycles. The second kappa shape index (κ2) is 7.48. The fraction of sp³-hybridized carbons (Fsp3) is 0.857. The largest absolute Gasteiger partial charge is 0.347 e. The standard InChI is InChI=1S/C14H29N3O2/c1-7-17(10-13(19)16(5)6)12(18)8-11(15)9-14(2,3)4/h11H,7-10,15H2,1-6H3. The maximum atomic E-state index is 12.1. The van der Waals surface area contributed by atoms with Crippen molar-refractivity contribution in [3.05, 3.63) is 0 Å². The van der Waals surface area contributed by atoms with Crippen molar-refractivity contribution >= 4 is 11.8 Å². The Hall–Kier alpha value is -1.10. The van der Waals surface area contributed by atoms with E-state index in [1.165, 1.54) is 4.90 Å². The first-order valence-electron chi connectivity index (χ1n) is 6.80. The molecule has 0 aromatic carbocycles. The number of hydrogen-bond donors (Lipinski definition) is 1. The number of rotatable bonds is 6. The van der Waals surface area contributed by atoms with Gasteiger partial charge in [0.25, 0.3) is 0 Å². The van der Waals surface area contributed by atoms with Crippen LogP contribution in [0.4, 0.5) is 0 Å². The van der Waals surface area contributed by atoms with E-state index in [0.29, 0.717) is 13.0 Å². The third-order valence-electron chi connectivity index (χ3n) is 2.87. The van der Waals surface area contributed by atoms with Crippen LogP contribution in [0.2, 0.25) is 0 Å². The molecule has 2 amide bonds. The van der Waals surface area contributed by atoms with Crippen molar-refractivity contribution in [2.45, 2.75) is 46.6 Å². The second-order valence-corrected chi connectivity index (χ2v) is 6.43. The van der Waals surface area contributed by atoms with Crippen LogP contribution >= 0.6 is 0 Å². The van der Waals surface area contributed by atoms with Gasteiger partial charge in [-0.15, -0.1) is 0 Å². The van der Waals surface area contributed by atoms with Crippen molar-refractivity contribution < 1.29 is 9.59 Å². The summed E-state index contributed by atoms with van der Waals surface area (Å²) in [6.07, 6.45) is 1.09. The van der Waals surface area contributed by atoms with E-state index >= 15 is 0 Å². The SMILES string of the molecule is CCN(CC(=O)N(C)C)C(=O)CC(N)CC(C)(C)C. The molecule has 0 rings (SSSR count). The Morgan fingerprint density at radius 1 is 1.16 bits per heavy atom. The molecule has 0 heterocycles. The molecular formula is C14H29N3O2. The van der Waals surface area contributed by atoms with Crippen molar-refractivity contribution in [1.82, 2.24) is 9.80 Å². The zero-order valence-corrected chi connectivity index (χ0v) is 13.2. The van der Waals surface area contributed by atoms with Gasteiger partial charge in [0.05, 0.1) is 6.54 Å². The molecule has 0 fully saturated rings. The normalized spacial score (nSPS) is 13.0. The Bertz CT molecular complexity index is 308. The number of hydrogen-bond acceptors (Lipinski definition) is 3. The van der Waals surface area contributed by atoms with Gasteiger partial charge < -0.3 is 15.5 Å². The molecule has 0 aromatic heterocycles. The summed E-state index contributed by atoms with van der Waals surface area (Å²) in [5.41, 5.74) is 6.11. The van der Waals surface area contributed by atoms with E-state index in [1.54, 1.807) is 19.0 Å². The molecule has 0 aliphatic heterocycles. The lowest BCUT2D eigenvalue weighted by molar-refractivity contribution is -0.139. The molecule has 0 aliphatic rings. The van der Waals surface area contributed by atoms with Gasteiger partial charge in [0.15, 0.2) is 0 Å². The Labute approximate surface area is 117 Å². The highest BCUT2D eigenvalue weighted by Gasteiger charge is 2.22. The topological polar surface area (TPSA) is 66.6 Å². The number of nitrogens with zero attached hydrogens (tertiary/aromatic N) is 2. The summed E-state index contributed by atoms with van der Waals surface area (Å²) in [4.78, 5) is 26.8. The van der Waals surface area contributed by atoms with Crippen molar-refractivity contribution in [3.8, 4) is 0 Å². The van der Waals surface area contributed by atoms with Gasteiger partial charge in [0.1, 0.15) is 0 Å². The first-order chi connectivity index (χ1) is 8.56. The van der Waals surface area contributed by atoms with E-state index in [4.69, 9.17) is 5.73 Å². The Morgan fingerprint density at radius 2 is 1.68 bits per heavy atom. The number of likely N-dealkylation sites (N-methyl/N-ethyl adjacent to an activating group) is 2. The Morgan fingerprint density at radius 3 is 2.05 bits per heavy atom.